The van der Waals surface area contributed by atoms with Gasteiger partial charge in [0, 0.05) is 38.6 Å². The van der Waals surface area contributed by atoms with Crippen molar-refractivity contribution in [3.05, 3.63) is 23.8 Å². The van der Waals surface area contributed by atoms with Crippen molar-refractivity contribution in [1.29, 1.82) is 0 Å². The average Bonchev–Trinajstić information content (AvgIpc) is 2.73. The number of amides is 3. The number of hydrogen-bond acceptors (Lipinski definition) is 4. The highest BCUT2D eigenvalue weighted by molar-refractivity contribution is 5.77. The van der Waals surface area contributed by atoms with E-state index < -0.39 is 0 Å². The third-order valence-corrected chi connectivity index (χ3v) is 5.30. The Bertz CT molecular complexity index is 653. The zero-order chi connectivity index (χ0) is 20.5. The maximum atomic E-state index is 12.6. The van der Waals surface area contributed by atoms with Crippen LogP contribution in [-0.4, -0.2) is 68.2 Å². The molecule has 0 radical (unpaired) electrons. The first-order valence-corrected chi connectivity index (χ1v) is 10.1. The highest BCUT2D eigenvalue weighted by Crippen LogP contribution is 2.28. The van der Waals surface area contributed by atoms with E-state index in [1.54, 1.807) is 19.1 Å². The Morgan fingerprint density at radius 1 is 1.11 bits per heavy atom. The van der Waals surface area contributed by atoms with Gasteiger partial charge in [0.2, 0.25) is 5.91 Å². The molecule has 0 aromatic heterocycles. The maximum absolute atomic E-state index is 12.6. The van der Waals surface area contributed by atoms with E-state index in [0.717, 1.165) is 18.4 Å². The number of rotatable bonds is 8. The van der Waals surface area contributed by atoms with Gasteiger partial charge in [0.1, 0.15) is 0 Å². The molecule has 0 spiro atoms. The van der Waals surface area contributed by atoms with E-state index in [1.165, 1.54) is 0 Å². The number of benzene rings is 1. The third kappa shape index (κ3) is 5.78. The zero-order valence-corrected chi connectivity index (χ0v) is 17.5. The van der Waals surface area contributed by atoms with Crippen LogP contribution < -0.4 is 14.8 Å². The van der Waals surface area contributed by atoms with E-state index in [0.29, 0.717) is 50.5 Å². The van der Waals surface area contributed by atoms with E-state index in [4.69, 9.17) is 9.47 Å². The number of carbonyl (C=O) groups is 2. The molecular weight excluding hydrogens is 358 g/mol. The van der Waals surface area contributed by atoms with Crippen LogP contribution in [0.5, 0.6) is 11.5 Å². The van der Waals surface area contributed by atoms with Crippen LogP contribution in [0.2, 0.25) is 0 Å². The summed E-state index contributed by atoms with van der Waals surface area (Å²) in [6, 6.07) is 5.87. The number of hydrogen-bond donors (Lipinski definition) is 1. The van der Waals surface area contributed by atoms with Gasteiger partial charge in [-0.3, -0.25) is 4.79 Å². The van der Waals surface area contributed by atoms with Gasteiger partial charge in [0.25, 0.3) is 0 Å². The summed E-state index contributed by atoms with van der Waals surface area (Å²) in [6.45, 7) is 6.74. The van der Waals surface area contributed by atoms with Gasteiger partial charge in [-0.2, -0.15) is 0 Å². The minimum Gasteiger partial charge on any atom is -0.493 e. The molecule has 0 bridgehead atoms. The van der Waals surface area contributed by atoms with Crippen LogP contribution in [0.3, 0.4) is 0 Å². The summed E-state index contributed by atoms with van der Waals surface area (Å²) in [5.41, 5.74) is 1.05. The summed E-state index contributed by atoms with van der Waals surface area (Å²) >= 11 is 0. The number of nitrogens with zero attached hydrogens (tertiary/aromatic N) is 2. The summed E-state index contributed by atoms with van der Waals surface area (Å²) in [6.07, 6.45) is 2.73. The molecular formula is C21H33N3O4. The Morgan fingerprint density at radius 2 is 1.75 bits per heavy atom. The number of likely N-dealkylation sites (tertiary alicyclic amines) is 1. The van der Waals surface area contributed by atoms with Crippen LogP contribution in [0.25, 0.3) is 0 Å². The summed E-state index contributed by atoms with van der Waals surface area (Å²) in [7, 11) is 3.21. The minimum atomic E-state index is -0.0109. The first-order chi connectivity index (χ1) is 13.5. The number of carbonyl (C=O) groups excluding carboxylic acids is 2. The third-order valence-electron chi connectivity index (χ3n) is 5.30. The van der Waals surface area contributed by atoms with Crippen LogP contribution in [0.15, 0.2) is 18.2 Å². The van der Waals surface area contributed by atoms with Crippen molar-refractivity contribution in [3.8, 4) is 11.5 Å². The normalized spacial score (nSPS) is 14.5. The molecule has 1 aromatic rings. The van der Waals surface area contributed by atoms with Crippen molar-refractivity contribution < 1.29 is 19.1 Å². The summed E-state index contributed by atoms with van der Waals surface area (Å²) in [5, 5.41) is 3.08. The van der Waals surface area contributed by atoms with Gasteiger partial charge in [-0.1, -0.05) is 6.07 Å². The average molecular weight is 392 g/mol. The Morgan fingerprint density at radius 3 is 2.32 bits per heavy atom. The lowest BCUT2D eigenvalue weighted by molar-refractivity contribution is -0.132. The van der Waals surface area contributed by atoms with Crippen LogP contribution >= 0.6 is 0 Å². The highest BCUT2D eigenvalue weighted by atomic mass is 16.5. The molecule has 1 fully saturated rings. The molecule has 1 aromatic carbocycles. The fourth-order valence-electron chi connectivity index (χ4n) is 3.50. The molecule has 1 N–H and O–H groups in total. The second kappa shape index (κ2) is 10.8. The summed E-state index contributed by atoms with van der Waals surface area (Å²) in [5.74, 6) is 1.52. The van der Waals surface area contributed by atoms with E-state index in [2.05, 4.69) is 5.32 Å². The molecule has 1 aliphatic heterocycles. The fourth-order valence-corrected chi connectivity index (χ4v) is 3.50. The second-order valence-electron chi connectivity index (χ2n) is 6.97. The lowest BCUT2D eigenvalue weighted by Gasteiger charge is -2.33. The SMILES string of the molecule is CCN(CC)C(=O)NC1CCN(C(=O)CCc2ccc(OC)c(OC)c2)CC1. The lowest BCUT2D eigenvalue weighted by atomic mass is 10.0. The first-order valence-electron chi connectivity index (χ1n) is 10.1. The van der Waals surface area contributed by atoms with Crippen molar-refractivity contribution in [2.24, 2.45) is 0 Å². The van der Waals surface area contributed by atoms with Crippen LogP contribution in [-0.2, 0) is 11.2 Å². The van der Waals surface area contributed by atoms with E-state index >= 15 is 0 Å². The zero-order valence-electron chi connectivity index (χ0n) is 17.5. The lowest BCUT2D eigenvalue weighted by Crippen LogP contribution is -2.50. The van der Waals surface area contributed by atoms with Crippen LogP contribution in [0, 0.1) is 0 Å². The number of aryl methyl sites for hydroxylation is 1. The quantitative estimate of drug-likeness (QED) is 0.740. The number of nitrogens with one attached hydrogen (secondary N) is 1. The van der Waals surface area contributed by atoms with Crippen molar-refractivity contribution in [3.63, 3.8) is 0 Å². The molecule has 3 amide bonds. The van der Waals surface area contributed by atoms with E-state index in [1.807, 2.05) is 36.9 Å². The number of piperidine rings is 1. The smallest absolute Gasteiger partial charge is 0.317 e. The predicted octanol–water partition coefficient (Wildman–Crippen LogP) is 2.68. The molecule has 0 atom stereocenters. The first kappa shape index (κ1) is 21.9. The Labute approximate surface area is 168 Å². The van der Waals surface area contributed by atoms with Gasteiger partial charge in [0.05, 0.1) is 14.2 Å². The molecule has 0 unspecified atom stereocenters. The fraction of sp³-hybridized carbons (Fsp3) is 0.619. The van der Waals surface area contributed by atoms with Gasteiger partial charge >= 0.3 is 6.03 Å². The highest BCUT2D eigenvalue weighted by Gasteiger charge is 2.24. The largest absolute Gasteiger partial charge is 0.493 e. The van der Waals surface area contributed by atoms with E-state index in [9.17, 15) is 9.59 Å². The molecule has 1 saturated heterocycles. The number of methoxy groups -OCH3 is 2. The van der Waals surface area contributed by atoms with Gasteiger partial charge < -0.3 is 24.6 Å². The standard InChI is InChI=1S/C21H33N3O4/c1-5-23(6-2)21(26)22-17-11-13-24(14-12-17)20(25)10-8-16-7-9-18(27-3)19(15-16)28-4/h7,9,15,17H,5-6,8,10-14H2,1-4H3,(H,22,26). The molecule has 7 nitrogen and oxygen atoms in total. The molecule has 156 valence electrons. The van der Waals surface area contributed by atoms with Gasteiger partial charge in [-0.05, 0) is 50.8 Å². The molecule has 2 rings (SSSR count). The van der Waals surface area contributed by atoms with Crippen molar-refractivity contribution in [2.45, 2.75) is 45.6 Å². The Kier molecular flexibility index (Phi) is 8.42. The topological polar surface area (TPSA) is 71.1 Å². The van der Waals surface area contributed by atoms with Gasteiger partial charge in [0.15, 0.2) is 11.5 Å². The number of urea groups is 1. The minimum absolute atomic E-state index is 0.0109. The monoisotopic (exact) mass is 391 g/mol. The Balaban J connectivity index is 1.78. The molecule has 7 heteroatoms. The molecule has 1 aliphatic rings. The second-order valence-corrected chi connectivity index (χ2v) is 6.97. The van der Waals surface area contributed by atoms with Crippen LogP contribution in [0.4, 0.5) is 4.79 Å². The Hall–Kier alpha value is -2.44. The van der Waals surface area contributed by atoms with Crippen molar-refractivity contribution >= 4 is 11.9 Å². The predicted molar refractivity (Wildman–Crippen MR) is 109 cm³/mol. The van der Waals surface area contributed by atoms with Gasteiger partial charge in [-0.25, -0.2) is 4.79 Å². The van der Waals surface area contributed by atoms with Gasteiger partial charge in [-0.15, -0.1) is 0 Å². The van der Waals surface area contributed by atoms with Crippen molar-refractivity contribution in [2.75, 3.05) is 40.4 Å². The van der Waals surface area contributed by atoms with Crippen molar-refractivity contribution in [1.82, 2.24) is 15.1 Å². The molecule has 0 saturated carbocycles. The molecule has 0 aliphatic carbocycles. The summed E-state index contributed by atoms with van der Waals surface area (Å²) < 4.78 is 10.6. The summed E-state index contributed by atoms with van der Waals surface area (Å²) in [4.78, 5) is 28.4. The molecule has 28 heavy (non-hydrogen) atoms. The maximum Gasteiger partial charge on any atom is 0.317 e. The van der Waals surface area contributed by atoms with E-state index in [-0.39, 0.29) is 18.0 Å². The van der Waals surface area contributed by atoms with Crippen LogP contribution in [0.1, 0.15) is 38.7 Å². The molecule has 1 heterocycles. The number of ether oxygens (including phenoxy) is 2.